The predicted molar refractivity (Wildman–Crippen MR) is 113 cm³/mol. The van der Waals surface area contributed by atoms with Gasteiger partial charge in [0.1, 0.15) is 23.1 Å². The second-order valence-electron chi connectivity index (χ2n) is 6.78. The highest BCUT2D eigenvalue weighted by Crippen LogP contribution is 2.63. The molecule has 0 unspecified atom stereocenters. The van der Waals surface area contributed by atoms with Crippen LogP contribution in [0.5, 0.6) is 0 Å². The largest absolute Gasteiger partial charge is 0.465 e. The number of carbonyl (C=O) groups is 2. The first kappa shape index (κ1) is 21.6. The van der Waals surface area contributed by atoms with Crippen LogP contribution in [0.2, 0.25) is 10.0 Å². The van der Waals surface area contributed by atoms with Gasteiger partial charge < -0.3 is 4.74 Å². The van der Waals surface area contributed by atoms with Crippen molar-refractivity contribution in [2.24, 2.45) is 11.3 Å². The molecule has 0 radical (unpaired) electrons. The average molecular weight is 439 g/mol. The number of nitriles is 2. The number of nitrogens with zero attached hydrogens (tertiary/aromatic N) is 2. The summed E-state index contributed by atoms with van der Waals surface area (Å²) in [5.41, 5.74) is -0.610. The van der Waals surface area contributed by atoms with E-state index in [-0.39, 0.29) is 35.0 Å². The molecule has 2 aromatic carbocycles. The monoisotopic (exact) mass is 438 g/mol. The number of allylic oxidation sites excluding steroid dienone is 1. The predicted octanol–water partition coefficient (Wildman–Crippen LogP) is 5.25. The summed E-state index contributed by atoms with van der Waals surface area (Å²) in [7, 11) is 0. The van der Waals surface area contributed by atoms with Gasteiger partial charge in [-0.2, -0.15) is 10.5 Å². The van der Waals surface area contributed by atoms with Crippen LogP contribution in [0.15, 0.2) is 54.1 Å². The van der Waals surface area contributed by atoms with E-state index in [0.717, 1.165) is 0 Å². The molecule has 5 nitrogen and oxygen atoms in total. The third-order valence-electron chi connectivity index (χ3n) is 5.10. The summed E-state index contributed by atoms with van der Waals surface area (Å²) in [6.07, 6.45) is 0.127. The van der Waals surface area contributed by atoms with E-state index in [0.29, 0.717) is 16.1 Å². The molecule has 1 fully saturated rings. The summed E-state index contributed by atoms with van der Waals surface area (Å²) in [5, 5.41) is 19.7. The van der Waals surface area contributed by atoms with Gasteiger partial charge in [0, 0.05) is 17.1 Å². The lowest BCUT2D eigenvalue weighted by Crippen LogP contribution is -2.26. The van der Waals surface area contributed by atoms with Gasteiger partial charge >= 0.3 is 5.97 Å². The van der Waals surface area contributed by atoms with E-state index in [9.17, 15) is 20.1 Å². The number of rotatable bonds is 6. The zero-order valence-corrected chi connectivity index (χ0v) is 17.5. The lowest BCUT2D eigenvalue weighted by Gasteiger charge is -2.20. The second kappa shape index (κ2) is 8.71. The standard InChI is InChI=1S/C23H16Cl2N2O3/c1-2-30-22(29)23(20(16(12-26)13-27)14-6-4-3-5-7-14)11-17(23)21(28)15-8-9-18(24)19(25)10-15/h3-10,17H,2,11H2,1H3/t17-,23+/m0/s1. The molecule has 0 spiro atoms. The molecule has 30 heavy (non-hydrogen) atoms. The van der Waals surface area contributed by atoms with Crippen molar-refractivity contribution < 1.29 is 14.3 Å². The van der Waals surface area contributed by atoms with E-state index in [4.69, 9.17) is 27.9 Å². The smallest absolute Gasteiger partial charge is 0.317 e. The number of carbonyl (C=O) groups excluding carboxylic acids is 2. The van der Waals surface area contributed by atoms with Crippen LogP contribution in [-0.2, 0) is 9.53 Å². The molecular weight excluding hydrogens is 423 g/mol. The first-order valence-electron chi connectivity index (χ1n) is 9.17. The molecule has 0 aromatic heterocycles. The average Bonchev–Trinajstić information content (AvgIpc) is 3.50. The first-order chi connectivity index (χ1) is 14.4. The van der Waals surface area contributed by atoms with E-state index in [1.165, 1.54) is 18.2 Å². The molecule has 2 atom stereocenters. The quantitative estimate of drug-likeness (QED) is 0.349. The maximum atomic E-state index is 13.2. The molecular formula is C23H16Cl2N2O3. The van der Waals surface area contributed by atoms with Crippen LogP contribution in [0.4, 0.5) is 0 Å². The van der Waals surface area contributed by atoms with Crippen LogP contribution in [0.1, 0.15) is 29.3 Å². The van der Waals surface area contributed by atoms with Gasteiger partial charge in [0.05, 0.1) is 16.7 Å². The summed E-state index contributed by atoms with van der Waals surface area (Å²) in [5.74, 6) is -1.75. The minimum Gasteiger partial charge on any atom is -0.465 e. The number of ketones is 1. The molecule has 3 rings (SSSR count). The summed E-state index contributed by atoms with van der Waals surface area (Å²) in [6.45, 7) is 1.76. The molecule has 0 N–H and O–H groups in total. The van der Waals surface area contributed by atoms with Gasteiger partial charge in [-0.25, -0.2) is 0 Å². The van der Waals surface area contributed by atoms with Gasteiger partial charge in [0.25, 0.3) is 0 Å². The Morgan fingerprint density at radius 3 is 2.30 bits per heavy atom. The molecule has 0 heterocycles. The molecule has 1 aliphatic carbocycles. The van der Waals surface area contributed by atoms with E-state index in [1.54, 1.807) is 37.3 Å². The molecule has 0 bridgehead atoms. The van der Waals surface area contributed by atoms with Gasteiger partial charge in [-0.05, 0) is 37.1 Å². The molecule has 0 aliphatic heterocycles. The minimum atomic E-state index is -1.42. The third kappa shape index (κ3) is 3.71. The number of halogens is 2. The fourth-order valence-corrected chi connectivity index (χ4v) is 3.96. The maximum Gasteiger partial charge on any atom is 0.317 e. The Morgan fingerprint density at radius 2 is 1.73 bits per heavy atom. The van der Waals surface area contributed by atoms with E-state index < -0.39 is 17.3 Å². The van der Waals surface area contributed by atoms with Crippen LogP contribution < -0.4 is 0 Å². The summed E-state index contributed by atoms with van der Waals surface area (Å²) >= 11 is 12.0. The molecule has 1 saturated carbocycles. The first-order valence-corrected chi connectivity index (χ1v) is 9.93. The van der Waals surface area contributed by atoms with Crippen LogP contribution in [0.3, 0.4) is 0 Å². The fourth-order valence-electron chi connectivity index (χ4n) is 3.66. The zero-order chi connectivity index (χ0) is 21.9. The van der Waals surface area contributed by atoms with Gasteiger partial charge in [-0.15, -0.1) is 0 Å². The number of benzene rings is 2. The zero-order valence-electron chi connectivity index (χ0n) is 16.0. The lowest BCUT2D eigenvalue weighted by molar-refractivity contribution is -0.147. The van der Waals surface area contributed by atoms with E-state index in [2.05, 4.69) is 0 Å². The molecule has 1 aliphatic rings. The number of ether oxygens (including phenoxy) is 1. The summed E-state index contributed by atoms with van der Waals surface area (Å²) in [6, 6.07) is 16.9. The van der Waals surface area contributed by atoms with Crippen molar-refractivity contribution in [1.29, 1.82) is 10.5 Å². The van der Waals surface area contributed by atoms with Crippen molar-refractivity contribution in [3.8, 4) is 12.1 Å². The van der Waals surface area contributed by atoms with Gasteiger partial charge in [0.15, 0.2) is 5.78 Å². The Balaban J connectivity index is 2.16. The van der Waals surface area contributed by atoms with Crippen molar-refractivity contribution in [1.82, 2.24) is 0 Å². The topological polar surface area (TPSA) is 90.9 Å². The van der Waals surface area contributed by atoms with Crippen molar-refractivity contribution in [3.63, 3.8) is 0 Å². The third-order valence-corrected chi connectivity index (χ3v) is 5.84. The van der Waals surface area contributed by atoms with Gasteiger partial charge in [0.2, 0.25) is 0 Å². The van der Waals surface area contributed by atoms with Crippen molar-refractivity contribution >= 4 is 40.5 Å². The van der Waals surface area contributed by atoms with Crippen LogP contribution in [0, 0.1) is 34.0 Å². The lowest BCUT2D eigenvalue weighted by atomic mass is 9.83. The molecule has 150 valence electrons. The normalized spacial score (nSPS) is 19.2. The maximum absolute atomic E-state index is 13.2. The number of esters is 1. The van der Waals surface area contributed by atoms with Crippen LogP contribution in [0.25, 0.3) is 5.57 Å². The van der Waals surface area contributed by atoms with Crippen molar-refractivity contribution in [2.45, 2.75) is 13.3 Å². The fraction of sp³-hybridized carbons (Fsp3) is 0.217. The van der Waals surface area contributed by atoms with Crippen LogP contribution in [-0.4, -0.2) is 18.4 Å². The van der Waals surface area contributed by atoms with E-state index in [1.807, 2.05) is 12.1 Å². The Bertz CT molecular complexity index is 1110. The summed E-state index contributed by atoms with van der Waals surface area (Å²) in [4.78, 5) is 26.3. The molecule has 0 saturated heterocycles. The molecule has 2 aromatic rings. The van der Waals surface area contributed by atoms with Crippen molar-refractivity contribution in [2.75, 3.05) is 6.61 Å². The highest BCUT2D eigenvalue weighted by Gasteiger charge is 2.67. The summed E-state index contributed by atoms with van der Waals surface area (Å²) < 4.78 is 5.28. The molecule has 0 amide bonds. The Labute approximate surface area is 184 Å². The highest BCUT2D eigenvalue weighted by molar-refractivity contribution is 6.42. The molecule has 7 heteroatoms. The Morgan fingerprint density at radius 1 is 1.07 bits per heavy atom. The van der Waals surface area contributed by atoms with E-state index >= 15 is 0 Å². The number of hydrogen-bond donors (Lipinski definition) is 0. The van der Waals surface area contributed by atoms with Crippen LogP contribution >= 0.6 is 23.2 Å². The number of hydrogen-bond acceptors (Lipinski definition) is 5. The van der Waals surface area contributed by atoms with Gasteiger partial charge in [-0.1, -0.05) is 53.5 Å². The highest BCUT2D eigenvalue weighted by atomic mass is 35.5. The Kier molecular flexibility index (Phi) is 6.27. The SMILES string of the molecule is CCOC(=O)[C@]1(C(=C(C#N)C#N)c2ccccc2)C[C@H]1C(=O)c1ccc(Cl)c(Cl)c1. The van der Waals surface area contributed by atoms with Gasteiger partial charge in [-0.3, -0.25) is 9.59 Å². The Hall–Kier alpha value is -3.12. The number of Topliss-reactive ketones (excluding diaryl/α,β-unsaturated/α-hetero) is 1. The van der Waals surface area contributed by atoms with Crippen molar-refractivity contribution in [3.05, 3.63) is 75.3 Å². The second-order valence-corrected chi connectivity index (χ2v) is 7.60. The minimum absolute atomic E-state index is 0.102.